The number of non-ortho nitro benzene ring substituents is 1. The van der Waals surface area contributed by atoms with E-state index >= 15 is 0 Å². The Balaban J connectivity index is 1.82. The van der Waals surface area contributed by atoms with E-state index < -0.39 is 10.7 Å². The molecule has 0 aliphatic heterocycles. The van der Waals surface area contributed by atoms with Gasteiger partial charge in [0.15, 0.2) is 4.80 Å². The van der Waals surface area contributed by atoms with Gasteiger partial charge in [-0.15, -0.1) is 11.3 Å². The van der Waals surface area contributed by atoms with Crippen molar-refractivity contribution in [1.29, 1.82) is 0 Å². The third-order valence-electron chi connectivity index (χ3n) is 5.68. The smallest absolute Gasteiger partial charge is 0.269 e. The Morgan fingerprint density at radius 3 is 2.39 bits per heavy atom. The summed E-state index contributed by atoms with van der Waals surface area (Å²) in [4.78, 5) is 16.2. The molecule has 162 valence electrons. The minimum Gasteiger partial charge on any atom is -0.313 e. The molecule has 0 atom stereocenters. The van der Waals surface area contributed by atoms with Gasteiger partial charge in [-0.25, -0.2) is 9.38 Å². The molecule has 4 rings (SSSR count). The number of halogens is 2. The van der Waals surface area contributed by atoms with Crippen LogP contribution in [0.4, 0.5) is 15.8 Å². The van der Waals surface area contributed by atoms with E-state index in [2.05, 4.69) is 4.57 Å². The van der Waals surface area contributed by atoms with E-state index in [0.717, 1.165) is 41.7 Å². The molecular weight excluding hydrogens is 437 g/mol. The zero-order valence-corrected chi connectivity index (χ0v) is 18.5. The molecule has 5 nitrogen and oxygen atoms in total. The van der Waals surface area contributed by atoms with Crippen LogP contribution in [-0.2, 0) is 0 Å². The molecule has 0 N–H and O–H groups in total. The number of hydrogen-bond acceptors (Lipinski definition) is 4. The maximum Gasteiger partial charge on any atom is 0.269 e. The molecule has 1 saturated carbocycles. The molecule has 0 amide bonds. The maximum atomic E-state index is 14.0. The monoisotopic (exact) mass is 459 g/mol. The molecule has 0 radical (unpaired) electrons. The first-order valence-electron chi connectivity index (χ1n) is 10.5. The molecule has 0 unspecified atom stereocenters. The van der Waals surface area contributed by atoms with Crippen molar-refractivity contribution < 1.29 is 9.31 Å². The highest BCUT2D eigenvalue weighted by atomic mass is 35.5. The van der Waals surface area contributed by atoms with E-state index in [0.29, 0.717) is 5.69 Å². The van der Waals surface area contributed by atoms with Gasteiger partial charge in [-0.05, 0) is 42.7 Å². The van der Waals surface area contributed by atoms with E-state index in [9.17, 15) is 14.5 Å². The third-order valence-corrected chi connectivity index (χ3v) is 6.83. The molecule has 1 aliphatic carbocycles. The van der Waals surface area contributed by atoms with Crippen molar-refractivity contribution in [3.8, 4) is 11.3 Å². The van der Waals surface area contributed by atoms with Crippen LogP contribution in [0.15, 0.2) is 52.8 Å². The van der Waals surface area contributed by atoms with Gasteiger partial charge < -0.3 is 4.57 Å². The lowest BCUT2D eigenvalue weighted by atomic mass is 9.96. The molecule has 1 fully saturated rings. The minimum atomic E-state index is -0.493. The van der Waals surface area contributed by atoms with Crippen LogP contribution >= 0.6 is 22.9 Å². The van der Waals surface area contributed by atoms with Gasteiger partial charge in [-0.1, -0.05) is 43.7 Å². The van der Waals surface area contributed by atoms with Crippen LogP contribution < -0.4 is 4.80 Å². The fourth-order valence-electron chi connectivity index (χ4n) is 4.08. The van der Waals surface area contributed by atoms with Crippen molar-refractivity contribution in [2.75, 3.05) is 0 Å². The molecule has 1 heterocycles. The average Bonchev–Trinajstić information content (AvgIpc) is 3.14. The second kappa shape index (κ2) is 9.75. The fraction of sp³-hybridized carbons (Fsp3) is 0.348. The highest BCUT2D eigenvalue weighted by Crippen LogP contribution is 2.32. The summed E-state index contributed by atoms with van der Waals surface area (Å²) in [5, 5.41) is 13.1. The largest absolute Gasteiger partial charge is 0.313 e. The normalized spacial score (nSPS) is 16.1. The van der Waals surface area contributed by atoms with Gasteiger partial charge in [0.25, 0.3) is 5.69 Å². The Labute approximate surface area is 189 Å². The topological polar surface area (TPSA) is 60.4 Å². The standard InChI is InChI=1S/C23H23ClFN3O2S/c24-20-13-10-17(14-21(20)25)26-23-27(18-6-4-2-1-3-5-7-18)22(15-31-23)16-8-11-19(12-9-16)28(29)30/h8-15,18H,1-7H2. The van der Waals surface area contributed by atoms with Crippen molar-refractivity contribution in [1.82, 2.24) is 4.57 Å². The van der Waals surface area contributed by atoms with Gasteiger partial charge in [0.2, 0.25) is 0 Å². The van der Waals surface area contributed by atoms with E-state index in [1.165, 1.54) is 54.9 Å². The molecule has 1 aliphatic rings. The fourth-order valence-corrected chi connectivity index (χ4v) is 5.18. The van der Waals surface area contributed by atoms with Crippen molar-refractivity contribution in [3.05, 3.63) is 73.6 Å². The summed E-state index contributed by atoms with van der Waals surface area (Å²) in [5.74, 6) is -0.493. The van der Waals surface area contributed by atoms with Crippen molar-refractivity contribution in [3.63, 3.8) is 0 Å². The number of aromatic nitrogens is 1. The summed E-state index contributed by atoms with van der Waals surface area (Å²) >= 11 is 7.32. The zero-order chi connectivity index (χ0) is 21.8. The zero-order valence-electron chi connectivity index (χ0n) is 17.0. The SMILES string of the molecule is O=[N+]([O-])c1ccc(-c2csc(=Nc3ccc(Cl)c(F)c3)n2C2CCCCCCC2)cc1. The van der Waals surface area contributed by atoms with Crippen LogP contribution in [0.2, 0.25) is 5.02 Å². The predicted molar refractivity (Wildman–Crippen MR) is 122 cm³/mol. The number of nitrogens with zero attached hydrogens (tertiary/aromatic N) is 3. The highest BCUT2D eigenvalue weighted by molar-refractivity contribution is 7.07. The Morgan fingerprint density at radius 1 is 1.06 bits per heavy atom. The quantitative estimate of drug-likeness (QED) is 0.300. The minimum absolute atomic E-state index is 0.0676. The Bertz CT molecular complexity index is 1130. The van der Waals surface area contributed by atoms with Crippen LogP contribution in [0.1, 0.15) is 51.0 Å². The molecule has 0 bridgehead atoms. The number of thiazole rings is 1. The van der Waals surface area contributed by atoms with Gasteiger partial charge in [0.1, 0.15) is 5.82 Å². The van der Waals surface area contributed by atoms with Crippen molar-refractivity contribution in [2.24, 2.45) is 4.99 Å². The lowest BCUT2D eigenvalue weighted by Gasteiger charge is -2.23. The average molecular weight is 460 g/mol. The third kappa shape index (κ3) is 5.05. The number of nitro benzene ring substituents is 1. The lowest BCUT2D eigenvalue weighted by molar-refractivity contribution is -0.384. The van der Waals surface area contributed by atoms with E-state index in [-0.39, 0.29) is 16.8 Å². The number of nitro groups is 1. The number of benzene rings is 2. The summed E-state index contributed by atoms with van der Waals surface area (Å²) < 4.78 is 16.2. The Morgan fingerprint density at radius 2 is 1.74 bits per heavy atom. The van der Waals surface area contributed by atoms with Crippen molar-refractivity contribution >= 4 is 34.3 Å². The molecule has 31 heavy (non-hydrogen) atoms. The first-order chi connectivity index (χ1) is 15.0. The van der Waals surface area contributed by atoms with E-state index in [1.54, 1.807) is 18.2 Å². The first kappa shape index (κ1) is 21.7. The molecular formula is C23H23ClFN3O2S. The second-order valence-corrected chi connectivity index (χ2v) is 9.03. The van der Waals surface area contributed by atoms with Crippen LogP contribution in [0.25, 0.3) is 11.3 Å². The summed E-state index contributed by atoms with van der Waals surface area (Å²) in [5.41, 5.74) is 2.47. The molecule has 8 heteroatoms. The maximum absolute atomic E-state index is 14.0. The van der Waals surface area contributed by atoms with Crippen LogP contribution in [-0.4, -0.2) is 9.49 Å². The molecule has 3 aromatic rings. The molecule has 2 aromatic carbocycles. The Hall–Kier alpha value is -2.51. The van der Waals surface area contributed by atoms with Crippen LogP contribution in [0, 0.1) is 15.9 Å². The predicted octanol–water partition coefficient (Wildman–Crippen LogP) is 7.44. The van der Waals surface area contributed by atoms with E-state index in [1.807, 2.05) is 5.38 Å². The van der Waals surface area contributed by atoms with Gasteiger partial charge >= 0.3 is 0 Å². The van der Waals surface area contributed by atoms with Crippen LogP contribution in [0.5, 0.6) is 0 Å². The molecule has 0 saturated heterocycles. The highest BCUT2D eigenvalue weighted by Gasteiger charge is 2.19. The van der Waals surface area contributed by atoms with Crippen LogP contribution in [0.3, 0.4) is 0 Å². The molecule has 1 aromatic heterocycles. The lowest BCUT2D eigenvalue weighted by Crippen LogP contribution is -2.22. The summed E-state index contributed by atoms with van der Waals surface area (Å²) in [6, 6.07) is 11.5. The van der Waals surface area contributed by atoms with E-state index in [4.69, 9.17) is 16.6 Å². The summed E-state index contributed by atoms with van der Waals surface area (Å²) in [7, 11) is 0. The number of hydrogen-bond donors (Lipinski definition) is 0. The summed E-state index contributed by atoms with van der Waals surface area (Å²) in [6.07, 6.45) is 8.14. The summed E-state index contributed by atoms with van der Waals surface area (Å²) in [6.45, 7) is 0. The van der Waals surface area contributed by atoms with Gasteiger partial charge in [0, 0.05) is 29.6 Å². The van der Waals surface area contributed by atoms with Gasteiger partial charge in [0.05, 0.1) is 21.3 Å². The first-order valence-corrected chi connectivity index (χ1v) is 11.7. The Kier molecular flexibility index (Phi) is 6.83. The second-order valence-electron chi connectivity index (χ2n) is 7.79. The van der Waals surface area contributed by atoms with Gasteiger partial charge in [-0.2, -0.15) is 0 Å². The molecule has 0 spiro atoms. The van der Waals surface area contributed by atoms with Gasteiger partial charge in [-0.3, -0.25) is 10.1 Å². The van der Waals surface area contributed by atoms with Crippen molar-refractivity contribution in [2.45, 2.75) is 51.0 Å². The number of rotatable bonds is 4.